The first-order valence-electron chi connectivity index (χ1n) is 11.6. The minimum absolute atomic E-state index is 0.385. The second kappa shape index (κ2) is 18.9. The molecular weight excluding hydrogens is 352 g/mol. The van der Waals surface area contributed by atoms with Crippen molar-refractivity contribution in [1.29, 1.82) is 0 Å². The second-order valence-corrected chi connectivity index (χ2v) is 16.3. The van der Waals surface area contributed by atoms with E-state index in [9.17, 15) is 0 Å². The van der Waals surface area contributed by atoms with E-state index in [1.807, 2.05) is 0 Å². The Morgan fingerprint density at radius 3 is 1.46 bits per heavy atom. The van der Waals surface area contributed by atoms with E-state index < -0.39 is 8.07 Å². The van der Waals surface area contributed by atoms with Crippen LogP contribution in [0.3, 0.4) is 0 Å². The SMILES string of the molecule is CC(C)OCCSCCCCCCCCCCCCCCC[Si](C)(C)C. The van der Waals surface area contributed by atoms with Gasteiger partial charge >= 0.3 is 0 Å². The Kier molecular flexibility index (Phi) is 19.3. The molecule has 0 heterocycles. The number of hydrogen-bond donors (Lipinski definition) is 0. The van der Waals surface area contributed by atoms with Gasteiger partial charge < -0.3 is 4.74 Å². The molecule has 0 radical (unpaired) electrons. The van der Waals surface area contributed by atoms with Gasteiger partial charge in [-0.2, -0.15) is 11.8 Å². The lowest BCUT2D eigenvalue weighted by molar-refractivity contribution is 0.0920. The van der Waals surface area contributed by atoms with Gasteiger partial charge in [0.05, 0.1) is 12.7 Å². The van der Waals surface area contributed by atoms with Gasteiger partial charge in [0.1, 0.15) is 0 Å². The molecule has 0 amide bonds. The summed E-state index contributed by atoms with van der Waals surface area (Å²) in [5, 5.41) is 0. The van der Waals surface area contributed by atoms with Gasteiger partial charge in [0.15, 0.2) is 0 Å². The topological polar surface area (TPSA) is 9.23 Å². The van der Waals surface area contributed by atoms with Gasteiger partial charge in [-0.25, -0.2) is 0 Å². The Morgan fingerprint density at radius 2 is 1.04 bits per heavy atom. The number of hydrogen-bond acceptors (Lipinski definition) is 2. The fourth-order valence-corrected chi connectivity index (χ4v) is 5.39. The van der Waals surface area contributed by atoms with E-state index in [4.69, 9.17) is 4.74 Å². The summed E-state index contributed by atoms with van der Waals surface area (Å²) in [5.41, 5.74) is 0. The highest BCUT2D eigenvalue weighted by Crippen LogP contribution is 2.17. The number of thioether (sulfide) groups is 1. The maximum Gasteiger partial charge on any atom is 0.0560 e. The minimum Gasteiger partial charge on any atom is -0.378 e. The summed E-state index contributed by atoms with van der Waals surface area (Å²) in [5.74, 6) is 2.48. The number of unbranched alkanes of at least 4 members (excludes halogenated alkanes) is 12. The maximum absolute atomic E-state index is 5.56. The van der Waals surface area contributed by atoms with E-state index in [1.54, 1.807) is 0 Å². The van der Waals surface area contributed by atoms with Crippen LogP contribution in [0.5, 0.6) is 0 Å². The molecule has 0 aromatic carbocycles. The fraction of sp³-hybridized carbons (Fsp3) is 1.00. The van der Waals surface area contributed by atoms with Crippen LogP contribution in [0, 0.1) is 0 Å². The van der Waals surface area contributed by atoms with E-state index in [0.29, 0.717) is 6.10 Å². The van der Waals surface area contributed by atoms with Crippen LogP contribution in [0.25, 0.3) is 0 Å². The summed E-state index contributed by atoms with van der Waals surface area (Å²) in [4.78, 5) is 0. The summed E-state index contributed by atoms with van der Waals surface area (Å²) >= 11 is 2.06. The van der Waals surface area contributed by atoms with Crippen LogP contribution in [0.4, 0.5) is 0 Å². The average molecular weight is 403 g/mol. The molecule has 0 aliphatic carbocycles. The van der Waals surface area contributed by atoms with Crippen molar-refractivity contribution < 1.29 is 4.74 Å². The molecule has 0 saturated carbocycles. The lowest BCUT2D eigenvalue weighted by Crippen LogP contribution is -2.18. The van der Waals surface area contributed by atoms with Crippen molar-refractivity contribution in [1.82, 2.24) is 0 Å². The molecule has 0 spiro atoms. The normalized spacial score (nSPS) is 12.2. The van der Waals surface area contributed by atoms with Crippen LogP contribution in [-0.2, 0) is 4.74 Å². The predicted molar refractivity (Wildman–Crippen MR) is 127 cm³/mol. The quantitative estimate of drug-likeness (QED) is 0.149. The highest BCUT2D eigenvalue weighted by atomic mass is 32.2. The molecule has 0 aromatic heterocycles. The third-order valence-electron chi connectivity index (χ3n) is 4.89. The third-order valence-corrected chi connectivity index (χ3v) is 7.78. The van der Waals surface area contributed by atoms with Crippen LogP contribution in [0.2, 0.25) is 25.7 Å². The first-order chi connectivity index (χ1) is 12.4. The van der Waals surface area contributed by atoms with Crippen LogP contribution in [0.1, 0.15) is 97.3 Å². The predicted octanol–water partition coefficient (Wildman–Crippen LogP) is 8.55. The minimum atomic E-state index is -0.778. The van der Waals surface area contributed by atoms with Gasteiger partial charge in [0, 0.05) is 13.8 Å². The third kappa shape index (κ3) is 24.5. The van der Waals surface area contributed by atoms with Crippen molar-refractivity contribution in [3.8, 4) is 0 Å². The van der Waals surface area contributed by atoms with Crippen LogP contribution in [0.15, 0.2) is 0 Å². The molecule has 3 heteroatoms. The smallest absolute Gasteiger partial charge is 0.0560 e. The Balaban J connectivity index is 3.03. The molecule has 0 aromatic rings. The molecule has 0 unspecified atom stereocenters. The molecule has 0 N–H and O–H groups in total. The Morgan fingerprint density at radius 1 is 0.615 bits per heavy atom. The zero-order valence-electron chi connectivity index (χ0n) is 18.9. The van der Waals surface area contributed by atoms with Gasteiger partial charge in [-0.15, -0.1) is 0 Å². The largest absolute Gasteiger partial charge is 0.378 e. The summed E-state index contributed by atoms with van der Waals surface area (Å²) in [6.07, 6.45) is 19.4. The fourth-order valence-electron chi connectivity index (χ4n) is 3.25. The highest BCUT2D eigenvalue weighted by molar-refractivity contribution is 7.99. The molecule has 158 valence electrons. The first kappa shape index (κ1) is 26.5. The van der Waals surface area contributed by atoms with Gasteiger partial charge in [0.2, 0.25) is 0 Å². The Hall–Kier alpha value is 0.527. The van der Waals surface area contributed by atoms with Gasteiger partial charge in [-0.3, -0.25) is 0 Å². The Labute approximate surface area is 171 Å². The molecule has 0 aliphatic rings. The number of rotatable bonds is 20. The lowest BCUT2D eigenvalue weighted by Gasteiger charge is -2.14. The summed E-state index contributed by atoms with van der Waals surface area (Å²) in [6, 6.07) is 1.53. The molecular formula is C23H50OSSi. The van der Waals surface area contributed by atoms with Crippen molar-refractivity contribution >= 4 is 19.8 Å². The van der Waals surface area contributed by atoms with Crippen LogP contribution >= 0.6 is 11.8 Å². The monoisotopic (exact) mass is 402 g/mol. The van der Waals surface area contributed by atoms with E-state index in [-0.39, 0.29) is 0 Å². The summed E-state index contributed by atoms with van der Waals surface area (Å²) in [6.45, 7) is 12.6. The van der Waals surface area contributed by atoms with Crippen molar-refractivity contribution in [2.75, 3.05) is 18.1 Å². The van der Waals surface area contributed by atoms with E-state index in [2.05, 4.69) is 45.3 Å². The zero-order chi connectivity index (χ0) is 19.5. The van der Waals surface area contributed by atoms with Crippen molar-refractivity contribution in [2.24, 2.45) is 0 Å². The molecule has 0 rings (SSSR count). The van der Waals surface area contributed by atoms with Crippen LogP contribution < -0.4 is 0 Å². The van der Waals surface area contributed by atoms with Gasteiger partial charge in [-0.05, 0) is 26.0 Å². The molecule has 26 heavy (non-hydrogen) atoms. The molecule has 0 saturated heterocycles. The highest BCUT2D eigenvalue weighted by Gasteiger charge is 2.11. The summed E-state index contributed by atoms with van der Waals surface area (Å²) < 4.78 is 5.56. The lowest BCUT2D eigenvalue weighted by atomic mass is 10.0. The van der Waals surface area contributed by atoms with Crippen molar-refractivity contribution in [3.05, 3.63) is 0 Å². The molecule has 1 nitrogen and oxygen atoms in total. The molecule has 0 fully saturated rings. The second-order valence-electron chi connectivity index (χ2n) is 9.44. The van der Waals surface area contributed by atoms with E-state index in [0.717, 1.165) is 12.4 Å². The molecule has 0 aliphatic heterocycles. The van der Waals surface area contributed by atoms with E-state index >= 15 is 0 Å². The van der Waals surface area contributed by atoms with Crippen LogP contribution in [-0.4, -0.2) is 32.3 Å². The Bertz CT molecular complexity index is 276. The standard InChI is InChI=1S/C23H50OSSi/c1-23(2)24-19-21-25-20-17-15-13-11-9-7-6-8-10-12-14-16-18-22-26(3,4)5/h23H,6-22H2,1-5H3. The maximum atomic E-state index is 5.56. The average Bonchev–Trinajstić information content (AvgIpc) is 2.55. The summed E-state index contributed by atoms with van der Waals surface area (Å²) in [7, 11) is -0.778. The van der Waals surface area contributed by atoms with Crippen molar-refractivity contribution in [2.45, 2.75) is 129 Å². The molecule has 0 atom stereocenters. The molecule has 0 bridgehead atoms. The van der Waals surface area contributed by atoms with Gasteiger partial charge in [0.25, 0.3) is 0 Å². The van der Waals surface area contributed by atoms with Gasteiger partial charge in [-0.1, -0.05) is 103 Å². The first-order valence-corrected chi connectivity index (χ1v) is 16.5. The number of ether oxygens (including phenoxy) is 1. The van der Waals surface area contributed by atoms with Crippen molar-refractivity contribution in [3.63, 3.8) is 0 Å². The van der Waals surface area contributed by atoms with E-state index in [1.165, 1.54) is 95.3 Å². The zero-order valence-corrected chi connectivity index (χ0v) is 20.7.